The van der Waals surface area contributed by atoms with Gasteiger partial charge in [0, 0.05) is 43.3 Å². The van der Waals surface area contributed by atoms with Gasteiger partial charge in [-0.15, -0.1) is 11.3 Å². The quantitative estimate of drug-likeness (QED) is 0.723. The average Bonchev–Trinajstić information content (AvgIpc) is 3.34. The van der Waals surface area contributed by atoms with Crippen LogP contribution in [-0.2, 0) is 6.54 Å². The summed E-state index contributed by atoms with van der Waals surface area (Å²) in [5.74, 6) is 1.58. The first-order valence-electron chi connectivity index (χ1n) is 8.53. The van der Waals surface area contributed by atoms with Gasteiger partial charge in [-0.3, -0.25) is 4.79 Å². The predicted molar refractivity (Wildman–Crippen MR) is 97.8 cm³/mol. The van der Waals surface area contributed by atoms with Gasteiger partial charge in [0.15, 0.2) is 0 Å². The monoisotopic (exact) mass is 352 g/mol. The number of hydrogen-bond donors (Lipinski definition) is 0. The summed E-state index contributed by atoms with van der Waals surface area (Å²) in [6.45, 7) is 2.37. The van der Waals surface area contributed by atoms with E-state index in [2.05, 4.69) is 45.0 Å². The van der Waals surface area contributed by atoms with Crippen LogP contribution >= 0.6 is 11.3 Å². The summed E-state index contributed by atoms with van der Waals surface area (Å²) in [6, 6.07) is 10.4. The maximum absolute atomic E-state index is 12.4. The van der Waals surface area contributed by atoms with Crippen LogP contribution in [0.2, 0.25) is 0 Å². The third kappa shape index (κ3) is 3.49. The van der Waals surface area contributed by atoms with Crippen LogP contribution in [0.5, 0.6) is 0 Å². The fourth-order valence-corrected chi connectivity index (χ4v) is 3.94. The second-order valence-corrected chi connectivity index (χ2v) is 7.06. The zero-order chi connectivity index (χ0) is 17.1. The summed E-state index contributed by atoms with van der Waals surface area (Å²) in [4.78, 5) is 23.1. The van der Waals surface area contributed by atoms with Gasteiger partial charge in [0.05, 0.1) is 5.51 Å². The number of piperidine rings is 1. The molecule has 5 nitrogen and oxygen atoms in total. The van der Waals surface area contributed by atoms with Crippen LogP contribution in [0.4, 0.5) is 0 Å². The number of hydrogen-bond acceptors (Lipinski definition) is 4. The molecule has 0 N–H and O–H groups in total. The van der Waals surface area contributed by atoms with Crippen molar-refractivity contribution in [2.75, 3.05) is 13.1 Å². The Kier molecular flexibility index (Phi) is 4.61. The fourth-order valence-electron chi connectivity index (χ4n) is 3.42. The molecule has 0 aliphatic carbocycles. The highest BCUT2D eigenvalue weighted by Crippen LogP contribution is 2.28. The van der Waals surface area contributed by atoms with E-state index in [1.165, 1.54) is 16.9 Å². The molecule has 0 unspecified atom stereocenters. The molecule has 6 heteroatoms. The van der Waals surface area contributed by atoms with Crippen molar-refractivity contribution >= 4 is 17.2 Å². The smallest absolute Gasteiger partial charge is 0.273 e. The van der Waals surface area contributed by atoms with E-state index in [0.717, 1.165) is 38.3 Å². The van der Waals surface area contributed by atoms with Crippen molar-refractivity contribution in [3.8, 4) is 0 Å². The van der Waals surface area contributed by atoms with Crippen LogP contribution in [0.3, 0.4) is 0 Å². The second-order valence-electron chi connectivity index (χ2n) is 6.34. The van der Waals surface area contributed by atoms with Gasteiger partial charge in [0.2, 0.25) is 0 Å². The molecule has 0 bridgehead atoms. The number of amides is 1. The number of imidazole rings is 1. The van der Waals surface area contributed by atoms with E-state index in [-0.39, 0.29) is 5.91 Å². The molecule has 1 saturated heterocycles. The van der Waals surface area contributed by atoms with E-state index >= 15 is 0 Å². The summed E-state index contributed by atoms with van der Waals surface area (Å²) in [6.07, 6.45) is 5.82. The van der Waals surface area contributed by atoms with Crippen molar-refractivity contribution in [2.24, 2.45) is 0 Å². The molecule has 0 atom stereocenters. The number of rotatable bonds is 4. The molecule has 1 amide bonds. The molecule has 2 aromatic heterocycles. The Morgan fingerprint density at radius 1 is 1.16 bits per heavy atom. The molecule has 3 aromatic rings. The Morgan fingerprint density at radius 2 is 1.96 bits per heavy atom. The molecular formula is C19H20N4OS. The Hall–Kier alpha value is -2.47. The molecule has 1 aliphatic heterocycles. The van der Waals surface area contributed by atoms with Crippen LogP contribution in [0.25, 0.3) is 0 Å². The van der Waals surface area contributed by atoms with Gasteiger partial charge in [0.25, 0.3) is 5.91 Å². The summed E-state index contributed by atoms with van der Waals surface area (Å²) in [5, 5.41) is 1.82. The van der Waals surface area contributed by atoms with Crippen LogP contribution in [0, 0.1) is 0 Å². The molecule has 1 fully saturated rings. The zero-order valence-corrected chi connectivity index (χ0v) is 14.7. The first kappa shape index (κ1) is 16.0. The summed E-state index contributed by atoms with van der Waals surface area (Å²) >= 11 is 1.46. The Morgan fingerprint density at radius 3 is 2.68 bits per heavy atom. The standard InChI is InChI=1S/C19H20N4OS/c24-19(17-13-25-14-21-17)22-9-6-16(7-10-22)18-20-8-11-23(18)12-15-4-2-1-3-5-15/h1-5,8,11,13-14,16H,6-7,9-10,12H2. The number of benzene rings is 1. The van der Waals surface area contributed by atoms with Crippen molar-refractivity contribution in [2.45, 2.75) is 25.3 Å². The number of carbonyl (C=O) groups excluding carboxylic acids is 1. The lowest BCUT2D eigenvalue weighted by Gasteiger charge is -2.31. The van der Waals surface area contributed by atoms with Crippen molar-refractivity contribution in [1.29, 1.82) is 0 Å². The van der Waals surface area contributed by atoms with Crippen molar-refractivity contribution in [3.05, 3.63) is 70.7 Å². The van der Waals surface area contributed by atoms with Crippen LogP contribution < -0.4 is 0 Å². The largest absolute Gasteiger partial charge is 0.337 e. The lowest BCUT2D eigenvalue weighted by atomic mass is 9.95. The molecule has 0 saturated carbocycles. The van der Waals surface area contributed by atoms with Gasteiger partial charge in [-0.25, -0.2) is 9.97 Å². The minimum atomic E-state index is 0.0485. The molecular weight excluding hydrogens is 332 g/mol. The van der Waals surface area contributed by atoms with Crippen molar-refractivity contribution < 1.29 is 4.79 Å². The van der Waals surface area contributed by atoms with Gasteiger partial charge in [0.1, 0.15) is 11.5 Å². The predicted octanol–water partition coefficient (Wildman–Crippen LogP) is 3.41. The number of aromatic nitrogens is 3. The van der Waals surface area contributed by atoms with Crippen LogP contribution in [0.15, 0.2) is 53.6 Å². The first-order valence-corrected chi connectivity index (χ1v) is 9.48. The highest BCUT2D eigenvalue weighted by atomic mass is 32.1. The highest BCUT2D eigenvalue weighted by molar-refractivity contribution is 7.07. The summed E-state index contributed by atoms with van der Waals surface area (Å²) < 4.78 is 2.23. The van der Waals surface area contributed by atoms with E-state index in [9.17, 15) is 4.79 Å². The van der Waals surface area contributed by atoms with Crippen molar-refractivity contribution in [1.82, 2.24) is 19.4 Å². The third-order valence-corrected chi connectivity index (χ3v) is 5.33. The van der Waals surface area contributed by atoms with Crippen LogP contribution in [0.1, 0.15) is 40.6 Å². The zero-order valence-electron chi connectivity index (χ0n) is 13.9. The first-order chi connectivity index (χ1) is 12.3. The van der Waals surface area contributed by atoms with Crippen molar-refractivity contribution in [3.63, 3.8) is 0 Å². The Bertz CT molecular complexity index is 820. The Balaban J connectivity index is 1.42. The normalized spacial score (nSPS) is 15.4. The maximum Gasteiger partial charge on any atom is 0.273 e. The third-order valence-electron chi connectivity index (χ3n) is 4.74. The van der Waals surface area contributed by atoms with Gasteiger partial charge >= 0.3 is 0 Å². The average molecular weight is 352 g/mol. The fraction of sp³-hybridized carbons (Fsp3) is 0.316. The van der Waals surface area contributed by atoms with Gasteiger partial charge < -0.3 is 9.47 Å². The van der Waals surface area contributed by atoms with E-state index in [0.29, 0.717) is 11.6 Å². The summed E-state index contributed by atoms with van der Waals surface area (Å²) in [5.41, 5.74) is 3.55. The molecule has 0 radical (unpaired) electrons. The van der Waals surface area contributed by atoms with E-state index in [1.807, 2.05) is 22.5 Å². The number of thiazole rings is 1. The molecule has 128 valence electrons. The minimum absolute atomic E-state index is 0.0485. The Labute approximate surface area is 151 Å². The van der Waals surface area contributed by atoms with E-state index in [4.69, 9.17) is 0 Å². The molecule has 3 heterocycles. The van der Waals surface area contributed by atoms with E-state index in [1.54, 1.807) is 5.51 Å². The number of nitrogens with zero attached hydrogens (tertiary/aromatic N) is 4. The molecule has 4 rings (SSSR count). The number of likely N-dealkylation sites (tertiary alicyclic amines) is 1. The molecule has 25 heavy (non-hydrogen) atoms. The van der Waals surface area contributed by atoms with Gasteiger partial charge in [-0.2, -0.15) is 0 Å². The number of carbonyl (C=O) groups is 1. The van der Waals surface area contributed by atoms with Gasteiger partial charge in [-0.1, -0.05) is 30.3 Å². The molecule has 0 spiro atoms. The molecule has 1 aromatic carbocycles. The molecule has 1 aliphatic rings. The van der Waals surface area contributed by atoms with E-state index < -0.39 is 0 Å². The topological polar surface area (TPSA) is 51.0 Å². The lowest BCUT2D eigenvalue weighted by Crippen LogP contribution is -2.38. The SMILES string of the molecule is O=C(c1cscn1)N1CCC(c2nccn2Cc2ccccc2)CC1. The highest BCUT2D eigenvalue weighted by Gasteiger charge is 2.27. The lowest BCUT2D eigenvalue weighted by molar-refractivity contribution is 0.0705. The maximum atomic E-state index is 12.4. The van der Waals surface area contributed by atoms with Gasteiger partial charge in [-0.05, 0) is 18.4 Å². The summed E-state index contributed by atoms with van der Waals surface area (Å²) in [7, 11) is 0. The van der Waals surface area contributed by atoms with Crippen LogP contribution in [-0.4, -0.2) is 38.4 Å². The second kappa shape index (κ2) is 7.19. The minimum Gasteiger partial charge on any atom is -0.337 e.